The van der Waals surface area contributed by atoms with Crippen LogP contribution in [0.1, 0.15) is 6.92 Å². The van der Waals surface area contributed by atoms with Crippen molar-refractivity contribution in [2.24, 2.45) is 5.73 Å². The summed E-state index contributed by atoms with van der Waals surface area (Å²) >= 11 is 0. The van der Waals surface area contributed by atoms with E-state index in [1.54, 1.807) is 13.1 Å². The second-order valence-corrected chi connectivity index (χ2v) is 4.72. The molecule has 1 fully saturated rings. The Morgan fingerprint density at radius 3 is 2.95 bits per heavy atom. The fourth-order valence-corrected chi connectivity index (χ4v) is 1.88. The zero-order chi connectivity index (χ0) is 13.7. The van der Waals surface area contributed by atoms with Crippen LogP contribution in [0.4, 0.5) is 5.69 Å². The van der Waals surface area contributed by atoms with Gasteiger partial charge in [0.05, 0.1) is 37.7 Å². The minimum atomic E-state index is -0.517. The quantitative estimate of drug-likeness (QED) is 0.751. The lowest BCUT2D eigenvalue weighted by atomic mass is 10.3. The highest BCUT2D eigenvalue weighted by molar-refractivity contribution is 5.94. The summed E-state index contributed by atoms with van der Waals surface area (Å²) in [6, 6.07) is -0.517. The van der Waals surface area contributed by atoms with Crippen LogP contribution in [-0.2, 0) is 16.1 Å². The molecule has 7 heteroatoms. The summed E-state index contributed by atoms with van der Waals surface area (Å²) in [6.07, 6.45) is 3.46. The number of amides is 1. The Hall–Kier alpha value is -1.44. The molecule has 0 unspecified atom stereocenters. The maximum Gasteiger partial charge on any atom is 0.241 e. The van der Waals surface area contributed by atoms with Crippen molar-refractivity contribution in [3.05, 3.63) is 12.4 Å². The normalized spacial score (nSPS) is 18.2. The van der Waals surface area contributed by atoms with Gasteiger partial charge < -0.3 is 15.8 Å². The topological polar surface area (TPSA) is 85.4 Å². The van der Waals surface area contributed by atoms with Gasteiger partial charge in [-0.1, -0.05) is 0 Å². The first kappa shape index (κ1) is 14.0. The fraction of sp³-hybridized carbons (Fsp3) is 0.667. The van der Waals surface area contributed by atoms with Gasteiger partial charge in [0.2, 0.25) is 5.91 Å². The average molecular weight is 267 g/mol. The number of nitrogens with zero attached hydrogens (tertiary/aromatic N) is 3. The number of morpholine rings is 1. The molecule has 0 radical (unpaired) electrons. The molecule has 1 aliphatic heterocycles. The molecule has 0 saturated carbocycles. The monoisotopic (exact) mass is 267 g/mol. The fourth-order valence-electron chi connectivity index (χ4n) is 1.88. The van der Waals surface area contributed by atoms with Gasteiger partial charge in [-0.15, -0.1) is 0 Å². The standard InChI is InChI=1S/C12H21N5O2/c1-10(13)12(18)15-11-8-14-17(9-11)3-2-16-4-6-19-7-5-16/h8-10H,2-7,13H2,1H3,(H,15,18)/t10-/m1/s1. The zero-order valence-corrected chi connectivity index (χ0v) is 11.2. The lowest BCUT2D eigenvalue weighted by Gasteiger charge is -2.26. The van der Waals surface area contributed by atoms with Crippen molar-refractivity contribution in [3.63, 3.8) is 0 Å². The van der Waals surface area contributed by atoms with Crippen molar-refractivity contribution < 1.29 is 9.53 Å². The number of nitrogens with two attached hydrogens (primary N) is 1. The van der Waals surface area contributed by atoms with Gasteiger partial charge in [0.15, 0.2) is 0 Å². The molecule has 1 aliphatic rings. The van der Waals surface area contributed by atoms with Crippen LogP contribution >= 0.6 is 0 Å². The summed E-state index contributed by atoms with van der Waals surface area (Å²) in [5.74, 6) is -0.201. The van der Waals surface area contributed by atoms with Crippen LogP contribution in [0.2, 0.25) is 0 Å². The molecule has 1 atom stereocenters. The lowest BCUT2D eigenvalue weighted by Crippen LogP contribution is -2.38. The third kappa shape index (κ3) is 4.30. The minimum absolute atomic E-state index is 0.201. The van der Waals surface area contributed by atoms with Crippen molar-refractivity contribution in [2.75, 3.05) is 38.2 Å². The number of nitrogens with one attached hydrogen (secondary N) is 1. The molecule has 106 valence electrons. The van der Waals surface area contributed by atoms with Crippen LogP contribution in [-0.4, -0.2) is 59.5 Å². The molecule has 7 nitrogen and oxygen atoms in total. The third-order valence-electron chi connectivity index (χ3n) is 3.06. The first-order valence-electron chi connectivity index (χ1n) is 6.54. The summed E-state index contributed by atoms with van der Waals surface area (Å²) in [7, 11) is 0. The van der Waals surface area contributed by atoms with E-state index in [9.17, 15) is 4.79 Å². The van der Waals surface area contributed by atoms with E-state index in [0.29, 0.717) is 5.69 Å². The van der Waals surface area contributed by atoms with Crippen LogP contribution in [0.25, 0.3) is 0 Å². The molecule has 0 spiro atoms. The van der Waals surface area contributed by atoms with Crippen LogP contribution < -0.4 is 11.1 Å². The van der Waals surface area contributed by atoms with Gasteiger partial charge >= 0.3 is 0 Å². The molecule has 1 amide bonds. The van der Waals surface area contributed by atoms with Crippen molar-refractivity contribution >= 4 is 11.6 Å². The van der Waals surface area contributed by atoms with E-state index in [1.807, 2.05) is 10.9 Å². The van der Waals surface area contributed by atoms with E-state index in [0.717, 1.165) is 39.4 Å². The summed E-state index contributed by atoms with van der Waals surface area (Å²) in [4.78, 5) is 13.8. The Morgan fingerprint density at radius 2 is 2.26 bits per heavy atom. The SMILES string of the molecule is C[C@@H](N)C(=O)Nc1cnn(CCN2CCOCC2)c1. The number of hydrogen-bond acceptors (Lipinski definition) is 5. The van der Waals surface area contributed by atoms with Crippen LogP contribution in [0.15, 0.2) is 12.4 Å². The predicted molar refractivity (Wildman–Crippen MR) is 71.8 cm³/mol. The van der Waals surface area contributed by atoms with Gasteiger partial charge in [-0.25, -0.2) is 0 Å². The molecule has 0 aromatic carbocycles. The molecular weight excluding hydrogens is 246 g/mol. The third-order valence-corrected chi connectivity index (χ3v) is 3.06. The van der Waals surface area contributed by atoms with E-state index in [-0.39, 0.29) is 5.91 Å². The minimum Gasteiger partial charge on any atom is -0.379 e. The van der Waals surface area contributed by atoms with Crippen molar-refractivity contribution in [3.8, 4) is 0 Å². The van der Waals surface area contributed by atoms with Gasteiger partial charge in [-0.3, -0.25) is 14.4 Å². The number of anilines is 1. The van der Waals surface area contributed by atoms with Gasteiger partial charge in [-0.05, 0) is 6.92 Å². The number of carbonyl (C=O) groups is 1. The first-order chi connectivity index (χ1) is 9.15. The molecule has 2 rings (SSSR count). The Labute approximate surface area is 112 Å². The Bertz CT molecular complexity index is 412. The van der Waals surface area contributed by atoms with E-state index in [4.69, 9.17) is 10.5 Å². The van der Waals surface area contributed by atoms with Gasteiger partial charge in [0.25, 0.3) is 0 Å². The first-order valence-corrected chi connectivity index (χ1v) is 6.54. The smallest absolute Gasteiger partial charge is 0.241 e. The number of ether oxygens (including phenoxy) is 1. The molecule has 19 heavy (non-hydrogen) atoms. The summed E-state index contributed by atoms with van der Waals surface area (Å²) in [5, 5.41) is 6.94. The zero-order valence-electron chi connectivity index (χ0n) is 11.2. The highest BCUT2D eigenvalue weighted by Gasteiger charge is 2.11. The maximum atomic E-state index is 11.4. The predicted octanol–water partition coefficient (Wildman–Crippen LogP) is -0.499. The molecular formula is C12H21N5O2. The summed E-state index contributed by atoms with van der Waals surface area (Å²) in [5.41, 5.74) is 6.17. The van der Waals surface area contributed by atoms with Gasteiger partial charge in [-0.2, -0.15) is 5.10 Å². The number of carbonyl (C=O) groups excluding carboxylic acids is 1. The highest BCUT2D eigenvalue weighted by Crippen LogP contribution is 2.05. The Balaban J connectivity index is 1.78. The van der Waals surface area contributed by atoms with Gasteiger partial charge in [0.1, 0.15) is 0 Å². The summed E-state index contributed by atoms with van der Waals surface area (Å²) in [6.45, 7) is 6.92. The Kier molecular flexibility index (Phi) is 4.89. The van der Waals surface area contributed by atoms with Crippen LogP contribution in [0, 0.1) is 0 Å². The average Bonchev–Trinajstić information content (AvgIpc) is 2.85. The summed E-state index contributed by atoms with van der Waals surface area (Å²) < 4.78 is 7.12. The molecule has 0 aliphatic carbocycles. The van der Waals surface area contributed by atoms with Crippen molar-refractivity contribution in [1.82, 2.24) is 14.7 Å². The van der Waals surface area contributed by atoms with Gasteiger partial charge in [0, 0.05) is 25.8 Å². The number of rotatable bonds is 5. The van der Waals surface area contributed by atoms with E-state index < -0.39 is 6.04 Å². The van der Waals surface area contributed by atoms with Crippen LogP contribution in [0.3, 0.4) is 0 Å². The van der Waals surface area contributed by atoms with Crippen LogP contribution in [0.5, 0.6) is 0 Å². The van der Waals surface area contributed by atoms with Crippen molar-refractivity contribution in [1.29, 1.82) is 0 Å². The molecule has 1 aromatic rings. The number of hydrogen-bond donors (Lipinski definition) is 2. The molecule has 0 bridgehead atoms. The largest absolute Gasteiger partial charge is 0.379 e. The second kappa shape index (κ2) is 6.65. The van der Waals surface area contributed by atoms with E-state index in [2.05, 4.69) is 15.3 Å². The molecule has 1 saturated heterocycles. The van der Waals surface area contributed by atoms with Crippen molar-refractivity contribution in [2.45, 2.75) is 19.5 Å². The molecule has 3 N–H and O–H groups in total. The number of aromatic nitrogens is 2. The highest BCUT2D eigenvalue weighted by atomic mass is 16.5. The Morgan fingerprint density at radius 1 is 1.53 bits per heavy atom. The molecule has 1 aromatic heterocycles. The second-order valence-electron chi connectivity index (χ2n) is 4.72. The lowest BCUT2D eigenvalue weighted by molar-refractivity contribution is -0.117. The maximum absolute atomic E-state index is 11.4. The van der Waals surface area contributed by atoms with E-state index in [1.165, 1.54) is 0 Å². The van der Waals surface area contributed by atoms with E-state index >= 15 is 0 Å². The molecule has 2 heterocycles.